The fourth-order valence-electron chi connectivity index (χ4n) is 4.07. The summed E-state index contributed by atoms with van der Waals surface area (Å²) in [7, 11) is -1.10. The van der Waals surface area contributed by atoms with Gasteiger partial charge in [0.1, 0.15) is 11.7 Å². The lowest BCUT2D eigenvalue weighted by Gasteiger charge is -2.49. The molecule has 0 aromatic rings. The van der Waals surface area contributed by atoms with Crippen molar-refractivity contribution in [3.63, 3.8) is 0 Å². The van der Waals surface area contributed by atoms with Crippen molar-refractivity contribution in [2.24, 2.45) is 5.41 Å². The van der Waals surface area contributed by atoms with Crippen molar-refractivity contribution in [1.29, 1.82) is 0 Å². The smallest absolute Gasteiger partial charge is 0.326 e. The Kier molecular flexibility index (Phi) is 4.03. The van der Waals surface area contributed by atoms with Crippen LogP contribution in [0.15, 0.2) is 24.3 Å². The number of epoxide rings is 1. The Morgan fingerprint density at radius 1 is 1.31 bits per heavy atom. The summed E-state index contributed by atoms with van der Waals surface area (Å²) < 4.78 is 17.5. The molecule has 0 unspecified atom stereocenters. The van der Waals surface area contributed by atoms with E-state index in [0.717, 1.165) is 0 Å². The minimum Gasteiger partial charge on any atom is -0.468 e. The van der Waals surface area contributed by atoms with Crippen LogP contribution in [-0.4, -0.2) is 55.7 Å². The van der Waals surface area contributed by atoms with Gasteiger partial charge in [-0.3, -0.25) is 9.59 Å². The summed E-state index contributed by atoms with van der Waals surface area (Å²) in [6.45, 7) is 12.1. The lowest BCUT2D eigenvalue weighted by molar-refractivity contribution is -0.174. The molecule has 0 radical (unpaired) electrons. The third kappa shape index (κ3) is 2.08. The van der Waals surface area contributed by atoms with E-state index in [4.69, 9.17) is 13.9 Å². The molecule has 1 N–H and O–H groups in total. The number of carbonyl (C=O) groups is 2. The largest absolute Gasteiger partial charge is 0.468 e. The van der Waals surface area contributed by atoms with E-state index in [0.29, 0.717) is 0 Å². The predicted octanol–water partition coefficient (Wildman–Crippen LogP) is 2.13. The molecule has 144 valence electrons. The molecule has 0 aromatic heterocycles. The highest BCUT2D eigenvalue weighted by atomic mass is 28.4. The molecule has 0 bridgehead atoms. The van der Waals surface area contributed by atoms with Crippen molar-refractivity contribution >= 4 is 20.1 Å². The Hall–Kier alpha value is -1.28. The summed E-state index contributed by atoms with van der Waals surface area (Å²) in [5.74, 6) is -1.19. The molecule has 26 heavy (non-hydrogen) atoms. The number of hydrogen-bond donors (Lipinski definition) is 1. The molecule has 3 aliphatic rings. The Morgan fingerprint density at radius 2 is 1.92 bits per heavy atom. The van der Waals surface area contributed by atoms with Crippen LogP contribution in [0.25, 0.3) is 0 Å². The maximum Gasteiger partial charge on any atom is 0.326 e. The van der Waals surface area contributed by atoms with Crippen LogP contribution < -0.4 is 0 Å². The van der Waals surface area contributed by atoms with Gasteiger partial charge in [-0.1, -0.05) is 32.9 Å². The molecule has 1 heterocycles. The second-order valence-electron chi connectivity index (χ2n) is 9.07. The van der Waals surface area contributed by atoms with Gasteiger partial charge in [-0.2, -0.15) is 0 Å². The second kappa shape index (κ2) is 5.38. The van der Waals surface area contributed by atoms with Crippen molar-refractivity contribution < 1.29 is 28.6 Å². The molecule has 0 amide bonds. The minimum absolute atomic E-state index is 0.122. The number of esters is 1. The second-order valence-corrected chi connectivity index (χ2v) is 13.8. The summed E-state index contributed by atoms with van der Waals surface area (Å²) in [5, 5.41) is 10.6. The first-order chi connectivity index (χ1) is 11.8. The number of aliphatic hydroxyl groups excluding tert-OH is 1. The molecular weight excluding hydrogens is 352 g/mol. The topological polar surface area (TPSA) is 85.4 Å². The van der Waals surface area contributed by atoms with E-state index in [1.165, 1.54) is 19.3 Å². The molecule has 0 saturated carbocycles. The Morgan fingerprint density at radius 3 is 2.46 bits per heavy atom. The average Bonchev–Trinajstić information content (AvgIpc) is 3.16. The number of methoxy groups -OCH3 is 1. The predicted molar refractivity (Wildman–Crippen MR) is 98.0 cm³/mol. The van der Waals surface area contributed by atoms with Crippen LogP contribution in [-0.2, 0) is 23.5 Å². The zero-order chi connectivity index (χ0) is 19.8. The summed E-state index contributed by atoms with van der Waals surface area (Å²) in [6, 6.07) is 0. The quantitative estimate of drug-likeness (QED) is 0.265. The van der Waals surface area contributed by atoms with Gasteiger partial charge in [-0.05, 0) is 37.2 Å². The zero-order valence-corrected chi connectivity index (χ0v) is 17.5. The molecule has 1 spiro atoms. The first-order valence-electron chi connectivity index (χ1n) is 8.86. The van der Waals surface area contributed by atoms with E-state index >= 15 is 0 Å². The fourth-order valence-corrected chi connectivity index (χ4v) is 5.32. The Labute approximate surface area is 155 Å². The molecular formula is C19H28O6Si. The van der Waals surface area contributed by atoms with Crippen LogP contribution >= 0.6 is 0 Å². The summed E-state index contributed by atoms with van der Waals surface area (Å²) >= 11 is 0. The van der Waals surface area contributed by atoms with Crippen molar-refractivity contribution in [3.05, 3.63) is 24.3 Å². The van der Waals surface area contributed by atoms with Crippen molar-refractivity contribution in [1.82, 2.24) is 0 Å². The van der Waals surface area contributed by atoms with Gasteiger partial charge in [0.15, 0.2) is 25.1 Å². The Bertz CT molecular complexity index is 720. The van der Waals surface area contributed by atoms with Gasteiger partial charge in [-0.25, -0.2) is 0 Å². The lowest BCUT2D eigenvalue weighted by atomic mass is 9.56. The van der Waals surface area contributed by atoms with Gasteiger partial charge in [0, 0.05) is 0 Å². The Balaban J connectivity index is 2.20. The van der Waals surface area contributed by atoms with Crippen LogP contribution in [0, 0.1) is 5.41 Å². The van der Waals surface area contributed by atoms with Crippen LogP contribution in [0.1, 0.15) is 27.7 Å². The number of rotatable bonds is 3. The summed E-state index contributed by atoms with van der Waals surface area (Å²) in [4.78, 5) is 26.2. The van der Waals surface area contributed by atoms with Crippen LogP contribution in [0.3, 0.4) is 0 Å². The normalized spacial score (nSPS) is 41.5. The van der Waals surface area contributed by atoms with Crippen molar-refractivity contribution in [2.75, 3.05) is 7.11 Å². The molecule has 0 aromatic carbocycles. The molecule has 1 saturated heterocycles. The molecule has 5 atom stereocenters. The van der Waals surface area contributed by atoms with Gasteiger partial charge in [0.2, 0.25) is 0 Å². The lowest BCUT2D eigenvalue weighted by Crippen LogP contribution is -2.69. The van der Waals surface area contributed by atoms with E-state index in [9.17, 15) is 14.7 Å². The van der Waals surface area contributed by atoms with E-state index < -0.39 is 48.9 Å². The number of allylic oxidation sites excluding steroid dienone is 1. The van der Waals surface area contributed by atoms with E-state index in [-0.39, 0.29) is 5.04 Å². The molecule has 6 nitrogen and oxygen atoms in total. The monoisotopic (exact) mass is 380 g/mol. The SMILES string of the molecule is COC(=O)[C@]12C(=O)C=C[C@@H](O)[C@@]13O[C@@]3(C)C=C[C@H]2O[Si](C)(C)C(C)(C)C. The number of carbonyl (C=O) groups excluding carboxylic acids is 2. The number of ketones is 1. The summed E-state index contributed by atoms with van der Waals surface area (Å²) in [6.07, 6.45) is 4.18. The summed E-state index contributed by atoms with van der Waals surface area (Å²) in [5.41, 5.74) is -4.08. The van der Waals surface area contributed by atoms with Gasteiger partial charge < -0.3 is 19.0 Å². The van der Waals surface area contributed by atoms with Gasteiger partial charge in [-0.15, -0.1) is 0 Å². The van der Waals surface area contributed by atoms with Crippen LogP contribution in [0.2, 0.25) is 18.1 Å². The molecule has 3 rings (SSSR count). The molecule has 2 aliphatic carbocycles. The first-order valence-corrected chi connectivity index (χ1v) is 11.8. The zero-order valence-electron chi connectivity index (χ0n) is 16.5. The van der Waals surface area contributed by atoms with E-state index in [2.05, 4.69) is 33.9 Å². The third-order valence-corrected chi connectivity index (χ3v) is 11.1. The van der Waals surface area contributed by atoms with Crippen LogP contribution in [0.4, 0.5) is 0 Å². The third-order valence-electron chi connectivity index (χ3n) is 6.64. The van der Waals surface area contributed by atoms with Crippen LogP contribution in [0.5, 0.6) is 0 Å². The van der Waals surface area contributed by atoms with Gasteiger partial charge >= 0.3 is 5.97 Å². The van der Waals surface area contributed by atoms with Gasteiger partial charge in [0.25, 0.3) is 0 Å². The average molecular weight is 381 g/mol. The first kappa shape index (κ1) is 19.5. The van der Waals surface area contributed by atoms with Crippen molar-refractivity contribution in [2.45, 2.75) is 69.2 Å². The highest BCUT2D eigenvalue weighted by Crippen LogP contribution is 2.67. The number of hydrogen-bond acceptors (Lipinski definition) is 6. The maximum atomic E-state index is 13.1. The van der Waals surface area contributed by atoms with Gasteiger partial charge in [0.05, 0.1) is 13.2 Å². The highest BCUT2D eigenvalue weighted by Gasteiger charge is 2.87. The molecule has 7 heteroatoms. The van der Waals surface area contributed by atoms with E-state index in [1.807, 2.05) is 0 Å². The highest BCUT2D eigenvalue weighted by molar-refractivity contribution is 6.74. The standard InChI is InChI=1S/C19H28O6Si/c1-16(2,3)26(6,7)24-14-10-11-17(4)19(25-17)13(21)9-8-12(20)18(14,19)15(22)23-5/h8-11,13-14,21H,1-7H3/t13-,14-,17+,18-,19+/m1/s1. The van der Waals surface area contributed by atoms with Crippen molar-refractivity contribution in [3.8, 4) is 0 Å². The number of ether oxygens (including phenoxy) is 2. The fraction of sp³-hybridized carbons (Fsp3) is 0.684. The molecule has 1 fully saturated rings. The van der Waals surface area contributed by atoms with E-state index in [1.54, 1.807) is 19.1 Å². The maximum absolute atomic E-state index is 13.1. The minimum atomic E-state index is -2.34. The number of aliphatic hydroxyl groups is 1. The molecule has 1 aliphatic heterocycles.